The SMILES string of the molecule is COc1ccc2c(S(=O)(=O)C(C)CCCl)nccc2c1. The highest BCUT2D eigenvalue weighted by molar-refractivity contribution is 7.92. The predicted octanol–water partition coefficient (Wildman–Crippen LogP) is 3.03. The van der Waals surface area contributed by atoms with Crippen molar-refractivity contribution in [3.05, 3.63) is 30.5 Å². The number of pyridine rings is 1. The predicted molar refractivity (Wildman–Crippen MR) is 80.3 cm³/mol. The minimum Gasteiger partial charge on any atom is -0.497 e. The Morgan fingerprint density at radius 2 is 2.10 bits per heavy atom. The second-order valence-corrected chi connectivity index (χ2v) is 7.20. The molecule has 2 aromatic rings. The Morgan fingerprint density at radius 3 is 2.75 bits per heavy atom. The molecule has 0 fully saturated rings. The largest absolute Gasteiger partial charge is 0.497 e. The van der Waals surface area contributed by atoms with Gasteiger partial charge < -0.3 is 4.74 Å². The Balaban J connectivity index is 2.60. The number of rotatable bonds is 5. The normalized spacial score (nSPS) is 13.3. The molecule has 0 N–H and O–H groups in total. The molecule has 1 heterocycles. The molecule has 0 aliphatic rings. The fourth-order valence-corrected chi connectivity index (χ4v) is 3.95. The van der Waals surface area contributed by atoms with Crippen molar-refractivity contribution in [3.8, 4) is 5.75 Å². The summed E-state index contributed by atoms with van der Waals surface area (Å²) in [6, 6.07) is 7.02. The molecule has 1 unspecified atom stereocenters. The van der Waals surface area contributed by atoms with Crippen molar-refractivity contribution in [2.24, 2.45) is 0 Å². The second-order valence-electron chi connectivity index (χ2n) is 4.54. The fraction of sp³-hybridized carbons (Fsp3) is 0.357. The topological polar surface area (TPSA) is 56.3 Å². The Labute approximate surface area is 123 Å². The molecule has 1 aromatic heterocycles. The van der Waals surface area contributed by atoms with Crippen molar-refractivity contribution in [1.82, 2.24) is 4.98 Å². The van der Waals surface area contributed by atoms with Crippen molar-refractivity contribution >= 4 is 32.2 Å². The number of alkyl halides is 1. The number of nitrogens with zero attached hydrogens (tertiary/aromatic N) is 1. The summed E-state index contributed by atoms with van der Waals surface area (Å²) in [5.74, 6) is 0.986. The number of methoxy groups -OCH3 is 1. The van der Waals surface area contributed by atoms with E-state index in [1.807, 2.05) is 0 Å². The van der Waals surface area contributed by atoms with Crippen LogP contribution in [0.4, 0.5) is 0 Å². The van der Waals surface area contributed by atoms with Gasteiger partial charge in [0.1, 0.15) is 5.75 Å². The first-order valence-electron chi connectivity index (χ1n) is 6.23. The summed E-state index contributed by atoms with van der Waals surface area (Å²) in [6.45, 7) is 1.65. The van der Waals surface area contributed by atoms with Crippen LogP contribution in [-0.2, 0) is 9.84 Å². The smallest absolute Gasteiger partial charge is 0.198 e. The van der Waals surface area contributed by atoms with Gasteiger partial charge >= 0.3 is 0 Å². The van der Waals surface area contributed by atoms with E-state index >= 15 is 0 Å². The van der Waals surface area contributed by atoms with E-state index in [9.17, 15) is 8.42 Å². The number of halogens is 1. The molecule has 4 nitrogen and oxygen atoms in total. The third-order valence-corrected chi connectivity index (χ3v) is 5.63. The summed E-state index contributed by atoms with van der Waals surface area (Å²) in [5, 5.41) is 0.946. The Kier molecular flexibility index (Phi) is 4.50. The van der Waals surface area contributed by atoms with E-state index in [1.54, 1.807) is 38.3 Å². The van der Waals surface area contributed by atoms with Gasteiger partial charge in [0, 0.05) is 17.5 Å². The summed E-state index contributed by atoms with van der Waals surface area (Å²) in [6.07, 6.45) is 1.90. The molecule has 0 aliphatic carbocycles. The highest BCUT2D eigenvalue weighted by Crippen LogP contribution is 2.27. The highest BCUT2D eigenvalue weighted by Gasteiger charge is 2.26. The summed E-state index contributed by atoms with van der Waals surface area (Å²) in [7, 11) is -1.91. The van der Waals surface area contributed by atoms with E-state index in [1.165, 1.54) is 6.20 Å². The molecule has 2 rings (SSSR count). The summed E-state index contributed by atoms with van der Waals surface area (Å²) in [4.78, 5) is 4.07. The molecule has 0 saturated heterocycles. The number of hydrogen-bond donors (Lipinski definition) is 0. The third kappa shape index (κ3) is 2.74. The van der Waals surface area contributed by atoms with Crippen molar-refractivity contribution in [3.63, 3.8) is 0 Å². The van der Waals surface area contributed by atoms with Crippen LogP contribution >= 0.6 is 11.6 Å². The zero-order valence-corrected chi connectivity index (χ0v) is 12.9. The standard InChI is InChI=1S/C14H16ClNO3S/c1-10(5-7-15)20(17,18)14-13-4-3-12(19-2)9-11(13)6-8-16-14/h3-4,6,8-10H,5,7H2,1-2H3. The van der Waals surface area contributed by atoms with Gasteiger partial charge in [-0.2, -0.15) is 0 Å². The number of fused-ring (bicyclic) bond motifs is 1. The first-order valence-corrected chi connectivity index (χ1v) is 8.31. The fourth-order valence-electron chi connectivity index (χ4n) is 1.98. The van der Waals surface area contributed by atoms with E-state index < -0.39 is 15.1 Å². The number of aromatic nitrogens is 1. The zero-order chi connectivity index (χ0) is 14.8. The van der Waals surface area contributed by atoms with Crippen LogP contribution in [0.3, 0.4) is 0 Å². The molecule has 0 aliphatic heterocycles. The average molecular weight is 314 g/mol. The lowest BCUT2D eigenvalue weighted by Crippen LogP contribution is -2.20. The van der Waals surface area contributed by atoms with Crippen LogP contribution in [0.25, 0.3) is 10.8 Å². The summed E-state index contributed by atoms with van der Waals surface area (Å²) in [5.41, 5.74) is 0. The maximum absolute atomic E-state index is 12.5. The molecule has 108 valence electrons. The Hall–Kier alpha value is -1.33. The third-order valence-electron chi connectivity index (χ3n) is 3.25. The van der Waals surface area contributed by atoms with Gasteiger partial charge in [-0.3, -0.25) is 0 Å². The summed E-state index contributed by atoms with van der Waals surface area (Å²) >= 11 is 5.65. The van der Waals surface area contributed by atoms with Crippen LogP contribution in [-0.4, -0.2) is 31.6 Å². The van der Waals surface area contributed by atoms with Crippen LogP contribution in [0, 0.1) is 0 Å². The average Bonchev–Trinajstić information content (AvgIpc) is 2.46. The van der Waals surface area contributed by atoms with Crippen LogP contribution in [0.1, 0.15) is 13.3 Å². The molecule has 0 amide bonds. The minimum atomic E-state index is -3.48. The monoisotopic (exact) mass is 313 g/mol. The van der Waals surface area contributed by atoms with Gasteiger partial charge in [-0.1, -0.05) is 0 Å². The van der Waals surface area contributed by atoms with Gasteiger partial charge in [-0.05, 0) is 43.0 Å². The molecule has 0 spiro atoms. The number of hydrogen-bond acceptors (Lipinski definition) is 4. The van der Waals surface area contributed by atoms with Gasteiger partial charge in [-0.25, -0.2) is 13.4 Å². The molecule has 0 bridgehead atoms. The van der Waals surface area contributed by atoms with Crippen LogP contribution in [0.2, 0.25) is 0 Å². The quantitative estimate of drug-likeness (QED) is 0.796. The number of ether oxygens (including phenoxy) is 1. The molecule has 20 heavy (non-hydrogen) atoms. The van der Waals surface area contributed by atoms with Gasteiger partial charge in [0.05, 0.1) is 12.4 Å². The van der Waals surface area contributed by atoms with Gasteiger partial charge in [0.2, 0.25) is 0 Å². The lowest BCUT2D eigenvalue weighted by atomic mass is 10.2. The molecular formula is C14H16ClNO3S. The highest BCUT2D eigenvalue weighted by atomic mass is 35.5. The van der Waals surface area contributed by atoms with E-state index in [2.05, 4.69) is 4.98 Å². The zero-order valence-electron chi connectivity index (χ0n) is 11.3. The lowest BCUT2D eigenvalue weighted by Gasteiger charge is -2.13. The van der Waals surface area contributed by atoms with E-state index in [-0.39, 0.29) is 5.03 Å². The molecule has 6 heteroatoms. The van der Waals surface area contributed by atoms with E-state index in [0.29, 0.717) is 23.4 Å². The van der Waals surface area contributed by atoms with Gasteiger partial charge in [0.25, 0.3) is 0 Å². The molecule has 0 radical (unpaired) electrons. The number of benzene rings is 1. The van der Waals surface area contributed by atoms with Crippen molar-refractivity contribution in [1.29, 1.82) is 0 Å². The van der Waals surface area contributed by atoms with E-state index in [0.717, 1.165) is 5.39 Å². The Bertz CT molecular complexity index is 715. The molecule has 0 saturated carbocycles. The van der Waals surface area contributed by atoms with Gasteiger partial charge in [0.15, 0.2) is 14.9 Å². The van der Waals surface area contributed by atoms with Crippen LogP contribution in [0.15, 0.2) is 35.5 Å². The first kappa shape index (κ1) is 15.1. The minimum absolute atomic E-state index is 0.107. The molecule has 1 atom stereocenters. The van der Waals surface area contributed by atoms with Crippen molar-refractivity contribution in [2.75, 3.05) is 13.0 Å². The van der Waals surface area contributed by atoms with E-state index in [4.69, 9.17) is 16.3 Å². The molecule has 1 aromatic carbocycles. The first-order chi connectivity index (χ1) is 9.50. The number of sulfone groups is 1. The van der Waals surface area contributed by atoms with Crippen molar-refractivity contribution < 1.29 is 13.2 Å². The second kappa shape index (κ2) is 5.97. The molecular weight excluding hydrogens is 298 g/mol. The maximum Gasteiger partial charge on any atom is 0.198 e. The van der Waals surface area contributed by atoms with Crippen LogP contribution < -0.4 is 4.74 Å². The maximum atomic E-state index is 12.5. The summed E-state index contributed by atoms with van der Waals surface area (Å²) < 4.78 is 30.2. The van der Waals surface area contributed by atoms with Gasteiger partial charge in [-0.15, -0.1) is 11.6 Å². The van der Waals surface area contributed by atoms with Crippen molar-refractivity contribution in [2.45, 2.75) is 23.6 Å². The lowest BCUT2D eigenvalue weighted by molar-refractivity contribution is 0.415. The van der Waals surface area contributed by atoms with Crippen LogP contribution in [0.5, 0.6) is 5.75 Å². The Morgan fingerprint density at radius 1 is 1.35 bits per heavy atom.